The summed E-state index contributed by atoms with van der Waals surface area (Å²) < 4.78 is 0. The molecule has 0 aromatic rings. The maximum atomic E-state index is 11.5. The highest BCUT2D eigenvalue weighted by Gasteiger charge is 2.22. The first-order valence-electron chi connectivity index (χ1n) is 4.80. The van der Waals surface area contributed by atoms with Crippen LogP contribution in [0, 0.1) is 5.92 Å². The lowest BCUT2D eigenvalue weighted by Crippen LogP contribution is -2.47. The monoisotopic (exact) mass is 249 g/mol. The van der Waals surface area contributed by atoms with Crippen LogP contribution in [0.3, 0.4) is 0 Å². The minimum absolute atomic E-state index is 0.0913. The van der Waals surface area contributed by atoms with Crippen LogP contribution in [0.15, 0.2) is 0 Å². The van der Waals surface area contributed by atoms with Crippen molar-refractivity contribution >= 4 is 21.8 Å². The molecule has 0 radical (unpaired) electrons. The van der Waals surface area contributed by atoms with Gasteiger partial charge in [0.2, 0.25) is 5.91 Å². The molecule has 0 aliphatic rings. The Bertz CT molecular complexity index is 164. The number of hydrogen-bond acceptors (Lipinski definition) is 1. The molecule has 1 atom stereocenters. The van der Waals surface area contributed by atoms with Crippen LogP contribution in [0.4, 0.5) is 0 Å². The van der Waals surface area contributed by atoms with E-state index in [-0.39, 0.29) is 11.4 Å². The fraction of sp³-hybridized carbons (Fsp3) is 0.900. The van der Waals surface area contributed by atoms with E-state index in [0.29, 0.717) is 12.3 Å². The number of halogens is 1. The average Bonchev–Trinajstić information content (AvgIpc) is 2.02. The zero-order chi connectivity index (χ0) is 10.5. The van der Waals surface area contributed by atoms with Gasteiger partial charge in [-0.05, 0) is 19.3 Å². The average molecular weight is 250 g/mol. The summed E-state index contributed by atoms with van der Waals surface area (Å²) in [6.07, 6.45) is 1.56. The van der Waals surface area contributed by atoms with E-state index < -0.39 is 0 Å². The van der Waals surface area contributed by atoms with E-state index >= 15 is 0 Å². The smallest absolute Gasteiger partial charge is 0.220 e. The lowest BCUT2D eigenvalue weighted by atomic mass is 10.0. The van der Waals surface area contributed by atoms with Crippen molar-refractivity contribution in [3.63, 3.8) is 0 Å². The van der Waals surface area contributed by atoms with E-state index in [1.165, 1.54) is 0 Å². The Balaban J connectivity index is 4.02. The summed E-state index contributed by atoms with van der Waals surface area (Å²) in [6, 6.07) is 0. The molecule has 0 rings (SSSR count). The Hall–Kier alpha value is -0.0500. The number of alkyl halides is 1. The largest absolute Gasteiger partial charge is 0.350 e. The molecule has 0 aliphatic carbocycles. The molecule has 0 fully saturated rings. The first-order chi connectivity index (χ1) is 5.93. The van der Waals surface area contributed by atoms with Crippen LogP contribution in [-0.4, -0.2) is 16.8 Å². The number of nitrogens with one attached hydrogen (secondary N) is 1. The number of rotatable bonds is 5. The standard InChI is InChI=1S/C10H20BrNO/c1-5-10(4,7-11)12-9(13)6-8(2)3/h8H,5-7H2,1-4H3,(H,12,13). The highest BCUT2D eigenvalue weighted by atomic mass is 79.9. The minimum Gasteiger partial charge on any atom is -0.350 e. The molecular formula is C10H20BrNO. The highest BCUT2D eigenvalue weighted by molar-refractivity contribution is 9.09. The number of amides is 1. The zero-order valence-electron chi connectivity index (χ0n) is 8.98. The van der Waals surface area contributed by atoms with Crippen LogP contribution in [0.5, 0.6) is 0 Å². The molecule has 0 spiro atoms. The fourth-order valence-electron chi connectivity index (χ4n) is 0.975. The Morgan fingerprint density at radius 3 is 2.38 bits per heavy atom. The molecule has 1 N–H and O–H groups in total. The van der Waals surface area contributed by atoms with Crippen LogP contribution in [-0.2, 0) is 4.79 Å². The number of carbonyl (C=O) groups excluding carboxylic acids is 1. The van der Waals surface area contributed by atoms with Crippen molar-refractivity contribution in [2.75, 3.05) is 5.33 Å². The van der Waals surface area contributed by atoms with Crippen molar-refractivity contribution in [2.24, 2.45) is 5.92 Å². The van der Waals surface area contributed by atoms with Crippen molar-refractivity contribution in [3.8, 4) is 0 Å². The van der Waals surface area contributed by atoms with E-state index in [1.54, 1.807) is 0 Å². The zero-order valence-corrected chi connectivity index (χ0v) is 10.6. The second-order valence-electron chi connectivity index (χ2n) is 4.19. The van der Waals surface area contributed by atoms with Gasteiger partial charge in [0.05, 0.1) is 0 Å². The maximum absolute atomic E-state index is 11.5. The molecule has 78 valence electrons. The highest BCUT2D eigenvalue weighted by Crippen LogP contribution is 2.13. The van der Waals surface area contributed by atoms with Gasteiger partial charge in [0.15, 0.2) is 0 Å². The van der Waals surface area contributed by atoms with Crippen LogP contribution < -0.4 is 5.32 Å². The Morgan fingerprint density at radius 2 is 2.08 bits per heavy atom. The summed E-state index contributed by atoms with van der Waals surface area (Å²) in [4.78, 5) is 11.5. The van der Waals surface area contributed by atoms with Gasteiger partial charge in [-0.1, -0.05) is 36.7 Å². The summed E-state index contributed by atoms with van der Waals surface area (Å²) in [5, 5.41) is 3.84. The number of hydrogen-bond donors (Lipinski definition) is 1. The van der Waals surface area contributed by atoms with Gasteiger partial charge in [0.1, 0.15) is 0 Å². The van der Waals surface area contributed by atoms with Crippen molar-refractivity contribution in [1.82, 2.24) is 5.32 Å². The van der Waals surface area contributed by atoms with Crippen LogP contribution in [0.25, 0.3) is 0 Å². The summed E-state index contributed by atoms with van der Waals surface area (Å²) in [6.45, 7) is 8.24. The van der Waals surface area contributed by atoms with E-state index in [4.69, 9.17) is 0 Å². The summed E-state index contributed by atoms with van der Waals surface area (Å²) in [5.41, 5.74) is -0.0913. The van der Waals surface area contributed by atoms with Gasteiger partial charge >= 0.3 is 0 Å². The molecule has 0 saturated heterocycles. The van der Waals surface area contributed by atoms with Crippen molar-refractivity contribution in [2.45, 2.75) is 46.1 Å². The second kappa shape index (κ2) is 5.63. The van der Waals surface area contributed by atoms with Gasteiger partial charge in [-0.3, -0.25) is 4.79 Å². The third kappa shape index (κ3) is 5.29. The van der Waals surface area contributed by atoms with Crippen molar-refractivity contribution in [1.29, 1.82) is 0 Å². The molecular weight excluding hydrogens is 230 g/mol. The molecule has 3 heteroatoms. The summed E-state index contributed by atoms with van der Waals surface area (Å²) in [7, 11) is 0. The lowest BCUT2D eigenvalue weighted by Gasteiger charge is -2.27. The molecule has 0 heterocycles. The molecule has 1 amide bonds. The minimum atomic E-state index is -0.0913. The summed E-state index contributed by atoms with van der Waals surface area (Å²) >= 11 is 3.41. The van der Waals surface area contributed by atoms with Gasteiger partial charge in [-0.2, -0.15) is 0 Å². The third-order valence-electron chi connectivity index (χ3n) is 2.11. The van der Waals surface area contributed by atoms with Gasteiger partial charge in [-0.25, -0.2) is 0 Å². The van der Waals surface area contributed by atoms with E-state index in [9.17, 15) is 4.79 Å². The summed E-state index contributed by atoms with van der Waals surface area (Å²) in [5.74, 6) is 0.579. The van der Waals surface area contributed by atoms with Gasteiger partial charge in [0.25, 0.3) is 0 Å². The van der Waals surface area contributed by atoms with Gasteiger partial charge in [0, 0.05) is 17.3 Å². The predicted molar refractivity (Wildman–Crippen MR) is 60.1 cm³/mol. The molecule has 2 nitrogen and oxygen atoms in total. The SMILES string of the molecule is CCC(C)(CBr)NC(=O)CC(C)C. The number of carbonyl (C=O) groups is 1. The molecule has 13 heavy (non-hydrogen) atoms. The molecule has 0 aromatic carbocycles. The van der Waals surface area contributed by atoms with Crippen LogP contribution in [0.1, 0.15) is 40.5 Å². The van der Waals surface area contributed by atoms with Gasteiger partial charge < -0.3 is 5.32 Å². The van der Waals surface area contributed by atoms with E-state index in [1.807, 2.05) is 0 Å². The van der Waals surface area contributed by atoms with Crippen LogP contribution in [0.2, 0.25) is 0 Å². The molecule has 0 saturated carbocycles. The Labute approximate surface area is 89.6 Å². The Morgan fingerprint density at radius 1 is 1.54 bits per heavy atom. The normalized spacial score (nSPS) is 15.5. The molecule has 0 bridgehead atoms. The van der Waals surface area contributed by atoms with Crippen molar-refractivity contribution in [3.05, 3.63) is 0 Å². The molecule has 0 aromatic heterocycles. The lowest BCUT2D eigenvalue weighted by molar-refractivity contribution is -0.123. The third-order valence-corrected chi connectivity index (χ3v) is 3.35. The predicted octanol–water partition coefficient (Wildman–Crippen LogP) is 2.71. The first-order valence-corrected chi connectivity index (χ1v) is 5.92. The van der Waals surface area contributed by atoms with E-state index in [0.717, 1.165) is 11.8 Å². The molecule has 0 aliphatic heterocycles. The van der Waals surface area contributed by atoms with Crippen molar-refractivity contribution < 1.29 is 4.79 Å². The van der Waals surface area contributed by atoms with E-state index in [2.05, 4.69) is 48.9 Å². The molecule has 1 unspecified atom stereocenters. The topological polar surface area (TPSA) is 29.1 Å². The quantitative estimate of drug-likeness (QED) is 0.747. The van der Waals surface area contributed by atoms with Gasteiger partial charge in [-0.15, -0.1) is 0 Å². The second-order valence-corrected chi connectivity index (χ2v) is 4.75. The first kappa shape index (κ1) is 12.9. The van der Waals surface area contributed by atoms with Crippen LogP contribution >= 0.6 is 15.9 Å². The fourth-order valence-corrected chi connectivity index (χ4v) is 1.51. The Kier molecular flexibility index (Phi) is 5.61. The maximum Gasteiger partial charge on any atom is 0.220 e.